The molecular formula is H7BBeCsNaO3. The molecule has 0 rings (SSSR count). The second kappa shape index (κ2) is 16.1. The zero-order chi connectivity index (χ0) is 3.58. The van der Waals surface area contributed by atoms with Gasteiger partial charge in [0.1, 0.15) is 0 Å². The first kappa shape index (κ1) is 22.5. The standard InChI is InChI=1S/BH3O3.Be.Cs.Na.4H/c2-1(3)4;;;;;;;/h2-4H;;;;;;;/q;+2;2*+1;4*-1. The third-order valence-corrected chi connectivity index (χ3v) is 0. The second-order valence-electron chi connectivity index (χ2n) is 0.346. The Hall–Kier alpha value is 3.17. The molecule has 0 aliphatic heterocycles. The van der Waals surface area contributed by atoms with E-state index in [4.69, 9.17) is 15.1 Å². The van der Waals surface area contributed by atoms with E-state index in [9.17, 15) is 0 Å². The molecule has 0 fully saturated rings. The van der Waals surface area contributed by atoms with Crippen LogP contribution in [-0.4, -0.2) is 32.5 Å². The van der Waals surface area contributed by atoms with E-state index >= 15 is 0 Å². The summed E-state index contributed by atoms with van der Waals surface area (Å²) in [5.74, 6) is 0. The monoisotopic (exact) mass is 231 g/mol. The minimum absolute atomic E-state index is 0. The topological polar surface area (TPSA) is 60.7 Å². The van der Waals surface area contributed by atoms with Crippen LogP contribution < -0.4 is 98.5 Å². The Morgan fingerprint density at radius 2 is 1.14 bits per heavy atom. The van der Waals surface area contributed by atoms with E-state index < -0.39 is 7.32 Å². The minimum atomic E-state index is -2.17. The van der Waals surface area contributed by atoms with Gasteiger partial charge in [-0.25, -0.2) is 0 Å². The molecule has 0 unspecified atom stereocenters. The molecule has 0 radical (unpaired) electrons. The molecule has 0 spiro atoms. The molecule has 7 heavy (non-hydrogen) atoms. The van der Waals surface area contributed by atoms with Crippen LogP contribution in [0.15, 0.2) is 0 Å². The SMILES string of the molecule is OB(O)O.[Be+2].[Cs+].[H-].[H-].[H-].[H-].[Na+]. The van der Waals surface area contributed by atoms with Crippen LogP contribution in [0.3, 0.4) is 0 Å². The van der Waals surface area contributed by atoms with Gasteiger partial charge in [-0.3, -0.25) is 0 Å². The van der Waals surface area contributed by atoms with Crippen molar-refractivity contribution in [3.05, 3.63) is 0 Å². The minimum Gasteiger partial charge on any atom is -1.00 e. The molecule has 0 aliphatic rings. The molecule has 0 atom stereocenters. The Balaban J connectivity index is -0.00000000214. The first-order valence-electron chi connectivity index (χ1n) is 0.775. The molecular weight excluding hydrogens is 224 g/mol. The fourth-order valence-corrected chi connectivity index (χ4v) is 0. The van der Waals surface area contributed by atoms with Crippen molar-refractivity contribution in [3.8, 4) is 0 Å². The Morgan fingerprint density at radius 1 is 1.14 bits per heavy atom. The third-order valence-electron chi connectivity index (χ3n) is 0. The third kappa shape index (κ3) is 47.0. The van der Waals surface area contributed by atoms with Gasteiger partial charge in [-0.05, 0) is 0 Å². The molecule has 7 heteroatoms. The van der Waals surface area contributed by atoms with Crippen molar-refractivity contribution in [2.45, 2.75) is 0 Å². The zero-order valence-electron chi connectivity index (χ0n) is 8.63. The predicted molar refractivity (Wildman–Crippen MR) is 22.6 cm³/mol. The van der Waals surface area contributed by atoms with Gasteiger partial charge >= 0.3 is 116 Å². The molecule has 0 aromatic carbocycles. The van der Waals surface area contributed by atoms with E-state index in [1.54, 1.807) is 0 Å². The number of hydrogen-bond acceptors (Lipinski definition) is 3. The molecule has 0 aliphatic carbocycles. The average molecular weight is 231 g/mol. The molecule has 0 heterocycles. The van der Waals surface area contributed by atoms with Crippen LogP contribution in [0.5, 0.6) is 0 Å². The summed E-state index contributed by atoms with van der Waals surface area (Å²) < 4.78 is 0. The summed E-state index contributed by atoms with van der Waals surface area (Å²) in [6.07, 6.45) is 0. The molecule has 3 nitrogen and oxygen atoms in total. The predicted octanol–water partition coefficient (Wildman–Crippen LogP) is -7.97. The maximum atomic E-state index is 7.17. The van der Waals surface area contributed by atoms with Crippen molar-refractivity contribution in [2.24, 2.45) is 0 Å². The van der Waals surface area contributed by atoms with Crippen LogP contribution in [0.2, 0.25) is 0 Å². The largest absolute Gasteiger partial charge is 2.00 e. The Morgan fingerprint density at radius 3 is 1.14 bits per heavy atom. The fourth-order valence-electron chi connectivity index (χ4n) is 0. The van der Waals surface area contributed by atoms with Crippen molar-refractivity contribution in [1.29, 1.82) is 0 Å². The van der Waals surface area contributed by atoms with Gasteiger partial charge in [-0.2, -0.15) is 0 Å². The van der Waals surface area contributed by atoms with Crippen molar-refractivity contribution in [3.63, 3.8) is 0 Å². The van der Waals surface area contributed by atoms with Gasteiger partial charge in [0.15, 0.2) is 0 Å². The maximum absolute atomic E-state index is 7.17. The normalized spacial score (nSPS) is 3.86. The van der Waals surface area contributed by atoms with Crippen LogP contribution >= 0.6 is 0 Å². The summed E-state index contributed by atoms with van der Waals surface area (Å²) in [4.78, 5) is 0. The zero-order valence-corrected chi connectivity index (χ0v) is 12.9. The van der Waals surface area contributed by atoms with Gasteiger partial charge in [0.25, 0.3) is 0 Å². The summed E-state index contributed by atoms with van der Waals surface area (Å²) in [7, 11) is -2.17. The summed E-state index contributed by atoms with van der Waals surface area (Å²) >= 11 is 0. The van der Waals surface area contributed by atoms with Crippen LogP contribution in [0.1, 0.15) is 5.71 Å². The summed E-state index contributed by atoms with van der Waals surface area (Å²) in [6, 6.07) is 0. The quantitative estimate of drug-likeness (QED) is 0.363. The molecule has 0 amide bonds. The molecule has 0 aromatic heterocycles. The van der Waals surface area contributed by atoms with Crippen LogP contribution in [0.25, 0.3) is 0 Å². The first-order valence-corrected chi connectivity index (χ1v) is 0.775. The Bertz CT molecular complexity index is 30.1. The molecule has 0 aromatic rings. The van der Waals surface area contributed by atoms with E-state index in [1.807, 2.05) is 0 Å². The van der Waals surface area contributed by atoms with Gasteiger partial charge in [0.2, 0.25) is 0 Å². The van der Waals surface area contributed by atoms with Crippen LogP contribution in [0.4, 0.5) is 0 Å². The molecule has 0 bridgehead atoms. The van der Waals surface area contributed by atoms with E-state index in [0.29, 0.717) is 0 Å². The smallest absolute Gasteiger partial charge is 1.00 e. The van der Waals surface area contributed by atoms with Crippen molar-refractivity contribution < 1.29 is 119 Å². The van der Waals surface area contributed by atoms with E-state index in [1.165, 1.54) is 0 Å². The summed E-state index contributed by atoms with van der Waals surface area (Å²) in [5, 5.41) is 21.5. The fraction of sp³-hybridized carbons (Fsp3) is 0. The molecule has 32 valence electrons. The van der Waals surface area contributed by atoms with Gasteiger partial charge in [-0.1, -0.05) is 0 Å². The van der Waals surface area contributed by atoms with Crippen molar-refractivity contribution in [2.75, 3.05) is 0 Å². The van der Waals surface area contributed by atoms with E-state index in [2.05, 4.69) is 0 Å². The van der Waals surface area contributed by atoms with Crippen molar-refractivity contribution in [1.82, 2.24) is 0 Å². The van der Waals surface area contributed by atoms with Crippen molar-refractivity contribution >= 4 is 17.4 Å². The Kier molecular flexibility index (Phi) is 51.6. The van der Waals surface area contributed by atoms with Gasteiger partial charge in [0.05, 0.1) is 0 Å². The summed E-state index contributed by atoms with van der Waals surface area (Å²) in [6.45, 7) is 0. The van der Waals surface area contributed by atoms with E-state index in [-0.39, 0.29) is 114 Å². The Labute approximate surface area is 133 Å². The van der Waals surface area contributed by atoms with Crippen LogP contribution in [-0.2, 0) is 0 Å². The first-order chi connectivity index (χ1) is 1.73. The second-order valence-corrected chi connectivity index (χ2v) is 0.346. The molecule has 0 saturated carbocycles. The maximum Gasteiger partial charge on any atom is 2.00 e. The summed E-state index contributed by atoms with van der Waals surface area (Å²) in [5.41, 5.74) is 0. The number of hydrogen-bond donors (Lipinski definition) is 3. The van der Waals surface area contributed by atoms with Gasteiger partial charge in [0, 0.05) is 0 Å². The van der Waals surface area contributed by atoms with Gasteiger partial charge in [-0.15, -0.1) is 0 Å². The molecule has 0 saturated heterocycles. The number of rotatable bonds is 0. The molecule has 3 N–H and O–H groups in total. The van der Waals surface area contributed by atoms with Gasteiger partial charge < -0.3 is 20.8 Å². The average Bonchev–Trinajstić information content (AvgIpc) is 0.811. The van der Waals surface area contributed by atoms with Crippen LogP contribution in [0, 0.1) is 0 Å². The van der Waals surface area contributed by atoms with E-state index in [0.717, 1.165) is 0 Å².